The van der Waals surface area contributed by atoms with Crippen molar-refractivity contribution in [1.82, 2.24) is 9.80 Å². The van der Waals surface area contributed by atoms with Gasteiger partial charge in [-0.05, 0) is 42.5 Å². The van der Waals surface area contributed by atoms with Crippen molar-refractivity contribution in [3.05, 3.63) is 71.5 Å². The van der Waals surface area contributed by atoms with Crippen LogP contribution in [0.3, 0.4) is 0 Å². The molecule has 1 saturated carbocycles. The van der Waals surface area contributed by atoms with E-state index < -0.39 is 5.82 Å². The van der Waals surface area contributed by atoms with E-state index in [4.69, 9.17) is 0 Å². The highest BCUT2D eigenvalue weighted by Gasteiger charge is 2.50. The van der Waals surface area contributed by atoms with Gasteiger partial charge in [-0.15, -0.1) is 0 Å². The van der Waals surface area contributed by atoms with Crippen molar-refractivity contribution in [2.24, 2.45) is 5.92 Å². The van der Waals surface area contributed by atoms with Crippen LogP contribution in [0, 0.1) is 11.7 Å². The van der Waals surface area contributed by atoms with Gasteiger partial charge in [-0.1, -0.05) is 36.4 Å². The van der Waals surface area contributed by atoms with Crippen molar-refractivity contribution < 1.29 is 14.3 Å². The van der Waals surface area contributed by atoms with Crippen molar-refractivity contribution >= 4 is 5.91 Å². The first-order valence-electron chi connectivity index (χ1n) is 10.0. The molecule has 0 radical (unpaired) electrons. The summed E-state index contributed by atoms with van der Waals surface area (Å²) in [5.74, 6) is 0.316. The van der Waals surface area contributed by atoms with E-state index in [1.54, 1.807) is 24.1 Å². The lowest BCUT2D eigenvalue weighted by Crippen LogP contribution is -2.67. The van der Waals surface area contributed by atoms with Crippen LogP contribution in [0.5, 0.6) is 0 Å². The van der Waals surface area contributed by atoms with E-state index in [-0.39, 0.29) is 30.5 Å². The van der Waals surface area contributed by atoms with E-state index in [2.05, 4.69) is 17.0 Å². The lowest BCUT2D eigenvalue weighted by atomic mass is 9.74. The van der Waals surface area contributed by atoms with E-state index in [9.17, 15) is 14.3 Å². The van der Waals surface area contributed by atoms with Crippen molar-refractivity contribution in [1.29, 1.82) is 0 Å². The Morgan fingerprint density at radius 3 is 2.54 bits per heavy atom. The summed E-state index contributed by atoms with van der Waals surface area (Å²) in [6.07, 6.45) is 2.49. The Kier molecular flexibility index (Phi) is 5.47. The van der Waals surface area contributed by atoms with Crippen LogP contribution in [0.1, 0.15) is 34.7 Å². The molecule has 28 heavy (non-hydrogen) atoms. The maximum Gasteiger partial charge on any atom is 0.253 e. The van der Waals surface area contributed by atoms with Gasteiger partial charge < -0.3 is 10.0 Å². The van der Waals surface area contributed by atoms with E-state index in [0.29, 0.717) is 18.0 Å². The van der Waals surface area contributed by atoms with Gasteiger partial charge in [-0.2, -0.15) is 0 Å². The number of hydrogen-bond donors (Lipinski definition) is 1. The fourth-order valence-corrected chi connectivity index (χ4v) is 4.44. The SMILES string of the molecule is CN(C[C@@H]1[C@@H](c2ccccc2)[C@H](CO)N1CC1CC1)C(=O)c1cccc(F)c1. The van der Waals surface area contributed by atoms with Crippen LogP contribution in [0.25, 0.3) is 0 Å². The molecule has 1 saturated heterocycles. The van der Waals surface area contributed by atoms with Gasteiger partial charge in [-0.25, -0.2) is 4.39 Å². The molecule has 5 heteroatoms. The summed E-state index contributed by atoms with van der Waals surface area (Å²) < 4.78 is 13.5. The number of likely N-dealkylation sites (tertiary alicyclic amines) is 1. The van der Waals surface area contributed by atoms with E-state index in [1.807, 2.05) is 18.2 Å². The van der Waals surface area contributed by atoms with Crippen LogP contribution in [-0.4, -0.2) is 59.6 Å². The van der Waals surface area contributed by atoms with Gasteiger partial charge in [0, 0.05) is 43.7 Å². The standard InChI is InChI=1S/C23H27FN2O2/c1-25(23(28)18-8-5-9-19(24)12-18)14-20-22(17-6-3-2-4-7-17)21(15-27)26(20)13-16-10-11-16/h2-9,12,16,20-22,27H,10-11,13-15H2,1H3/t20-,21+,22-/m1/s1. The van der Waals surface area contributed by atoms with Crippen LogP contribution in [0.2, 0.25) is 0 Å². The monoisotopic (exact) mass is 382 g/mol. The summed E-state index contributed by atoms with van der Waals surface area (Å²) in [5, 5.41) is 10.0. The fourth-order valence-electron chi connectivity index (χ4n) is 4.44. The van der Waals surface area contributed by atoms with Crippen LogP contribution in [-0.2, 0) is 0 Å². The molecule has 2 aromatic carbocycles. The first kappa shape index (κ1) is 19.1. The summed E-state index contributed by atoms with van der Waals surface area (Å²) in [7, 11) is 1.77. The number of aliphatic hydroxyl groups excluding tert-OH is 1. The molecule has 3 atom stereocenters. The summed E-state index contributed by atoms with van der Waals surface area (Å²) in [6.45, 7) is 1.64. The highest BCUT2D eigenvalue weighted by atomic mass is 19.1. The average molecular weight is 382 g/mol. The number of likely N-dealkylation sites (N-methyl/N-ethyl adjacent to an activating group) is 1. The van der Waals surface area contributed by atoms with Gasteiger partial charge in [0.25, 0.3) is 5.91 Å². The molecule has 0 bridgehead atoms. The van der Waals surface area contributed by atoms with Gasteiger partial charge in [-0.3, -0.25) is 9.69 Å². The second-order valence-corrected chi connectivity index (χ2v) is 8.09. The number of nitrogens with zero attached hydrogens (tertiary/aromatic N) is 2. The minimum absolute atomic E-state index is 0.0886. The van der Waals surface area contributed by atoms with Crippen molar-refractivity contribution in [3.8, 4) is 0 Å². The highest BCUT2D eigenvalue weighted by Crippen LogP contribution is 2.44. The normalized spacial score (nSPS) is 24.6. The zero-order valence-corrected chi connectivity index (χ0v) is 16.2. The van der Waals surface area contributed by atoms with Gasteiger partial charge >= 0.3 is 0 Å². The molecule has 4 rings (SSSR count). The molecule has 0 aromatic heterocycles. The minimum atomic E-state index is -0.402. The molecule has 2 fully saturated rings. The minimum Gasteiger partial charge on any atom is -0.395 e. The summed E-state index contributed by atoms with van der Waals surface area (Å²) in [5.41, 5.74) is 1.57. The number of halogens is 1. The van der Waals surface area contributed by atoms with E-state index >= 15 is 0 Å². The number of aliphatic hydroxyl groups is 1. The number of amides is 1. The fraction of sp³-hybridized carbons (Fsp3) is 0.435. The lowest BCUT2D eigenvalue weighted by molar-refractivity contribution is -0.0545. The van der Waals surface area contributed by atoms with Crippen LogP contribution < -0.4 is 0 Å². The maximum atomic E-state index is 13.5. The molecule has 1 aliphatic heterocycles. The van der Waals surface area contributed by atoms with E-state index in [1.165, 1.54) is 30.5 Å². The molecule has 2 aromatic rings. The molecule has 0 unspecified atom stereocenters. The predicted octanol–water partition coefficient (Wildman–Crippen LogP) is 3.14. The largest absolute Gasteiger partial charge is 0.395 e. The van der Waals surface area contributed by atoms with Gasteiger partial charge in [0.1, 0.15) is 5.82 Å². The summed E-state index contributed by atoms with van der Waals surface area (Å²) in [4.78, 5) is 16.8. The molecular formula is C23H27FN2O2. The Balaban J connectivity index is 1.53. The number of carbonyl (C=O) groups is 1. The third kappa shape index (κ3) is 3.82. The third-order valence-corrected chi connectivity index (χ3v) is 6.10. The third-order valence-electron chi connectivity index (χ3n) is 6.10. The number of hydrogen-bond acceptors (Lipinski definition) is 3. The Morgan fingerprint density at radius 1 is 1.14 bits per heavy atom. The highest BCUT2D eigenvalue weighted by molar-refractivity contribution is 5.94. The Labute approximate surface area is 165 Å². The van der Waals surface area contributed by atoms with Gasteiger partial charge in [0.05, 0.1) is 6.61 Å². The molecule has 1 aliphatic carbocycles. The van der Waals surface area contributed by atoms with Gasteiger partial charge in [0.15, 0.2) is 0 Å². The van der Waals surface area contributed by atoms with Crippen LogP contribution in [0.15, 0.2) is 54.6 Å². The average Bonchev–Trinajstić information content (AvgIpc) is 3.53. The van der Waals surface area contributed by atoms with Gasteiger partial charge in [0.2, 0.25) is 0 Å². The van der Waals surface area contributed by atoms with Crippen LogP contribution in [0.4, 0.5) is 4.39 Å². The molecule has 1 N–H and O–H groups in total. The zero-order chi connectivity index (χ0) is 19.7. The molecule has 4 nitrogen and oxygen atoms in total. The van der Waals surface area contributed by atoms with E-state index in [0.717, 1.165) is 6.54 Å². The second kappa shape index (κ2) is 8.02. The molecule has 0 spiro atoms. The summed E-state index contributed by atoms with van der Waals surface area (Å²) in [6, 6.07) is 16.3. The number of carbonyl (C=O) groups excluding carboxylic acids is 1. The molecule has 148 valence electrons. The number of benzene rings is 2. The molecule has 2 aliphatic rings. The molecular weight excluding hydrogens is 355 g/mol. The predicted molar refractivity (Wildman–Crippen MR) is 107 cm³/mol. The zero-order valence-electron chi connectivity index (χ0n) is 16.2. The maximum absolute atomic E-state index is 13.5. The number of rotatable bonds is 7. The van der Waals surface area contributed by atoms with Crippen molar-refractivity contribution in [2.45, 2.75) is 30.8 Å². The first-order chi connectivity index (χ1) is 13.6. The Bertz CT molecular complexity index is 824. The smallest absolute Gasteiger partial charge is 0.253 e. The summed E-state index contributed by atoms with van der Waals surface area (Å²) >= 11 is 0. The first-order valence-corrected chi connectivity index (χ1v) is 10.0. The van der Waals surface area contributed by atoms with Crippen LogP contribution >= 0.6 is 0 Å². The topological polar surface area (TPSA) is 43.8 Å². The Hall–Kier alpha value is -2.24. The lowest BCUT2D eigenvalue weighted by Gasteiger charge is -2.56. The van der Waals surface area contributed by atoms with Crippen molar-refractivity contribution in [2.75, 3.05) is 26.7 Å². The Morgan fingerprint density at radius 2 is 1.89 bits per heavy atom. The molecule has 1 heterocycles. The quantitative estimate of drug-likeness (QED) is 0.800. The van der Waals surface area contributed by atoms with Crippen molar-refractivity contribution in [3.63, 3.8) is 0 Å². The second-order valence-electron chi connectivity index (χ2n) is 8.09. The molecule has 1 amide bonds.